The number of anilines is 6. The van der Waals surface area contributed by atoms with Gasteiger partial charge in [0.15, 0.2) is 0 Å². The zero-order valence-corrected chi connectivity index (χ0v) is 30.0. The Bertz CT molecular complexity index is 3070. The highest BCUT2D eigenvalue weighted by molar-refractivity contribution is 7.01. The van der Waals surface area contributed by atoms with Crippen molar-refractivity contribution >= 4 is 91.8 Å². The maximum atomic E-state index is 7.41. The number of ether oxygens (including phenoxy) is 2. The average Bonchev–Trinajstić information content (AvgIpc) is 3.80. The molecule has 0 saturated carbocycles. The molecule has 0 saturated heterocycles. The van der Waals surface area contributed by atoms with Crippen molar-refractivity contribution in [3.63, 3.8) is 0 Å². The Morgan fingerprint density at radius 3 is 1.62 bits per heavy atom. The molecule has 4 aliphatic heterocycles. The fraction of sp³-hybridized carbons (Fsp3) is 0. The van der Waals surface area contributed by atoms with Crippen molar-refractivity contribution in [3.05, 3.63) is 176 Å². The second-order valence-electron chi connectivity index (χ2n) is 14.8. The molecule has 2 aromatic heterocycles. The van der Waals surface area contributed by atoms with Crippen LogP contribution in [0, 0.1) is 0 Å². The van der Waals surface area contributed by atoms with Gasteiger partial charge in [-0.1, -0.05) is 103 Å². The minimum absolute atomic E-state index is 0.207. The third-order valence-electron chi connectivity index (χ3n) is 11.9. The molecule has 0 spiro atoms. The molecule has 0 amide bonds. The van der Waals surface area contributed by atoms with E-state index in [-0.39, 0.29) is 13.4 Å². The highest BCUT2D eigenvalue weighted by Gasteiger charge is 2.53. The lowest BCUT2D eigenvalue weighted by Gasteiger charge is -2.38. The van der Waals surface area contributed by atoms with Gasteiger partial charge in [-0.3, -0.25) is 0 Å². The van der Waals surface area contributed by atoms with Crippen LogP contribution in [-0.4, -0.2) is 18.0 Å². The molecule has 8 heteroatoms. The summed E-state index contributed by atoms with van der Waals surface area (Å²) in [5.41, 5.74) is 14.7. The Morgan fingerprint density at radius 2 is 0.929 bits per heavy atom. The molecule has 6 heterocycles. The molecule has 0 unspecified atom stereocenters. The third kappa shape index (κ3) is 3.87. The molecule has 0 bridgehead atoms. The summed E-state index contributed by atoms with van der Waals surface area (Å²) in [5.74, 6) is 2.88. The quantitative estimate of drug-likeness (QED) is 0.173. The number of benzene rings is 7. The Hall–Kier alpha value is -7.31. The summed E-state index contributed by atoms with van der Waals surface area (Å²) in [6.07, 6.45) is 0. The molecule has 6 nitrogen and oxygen atoms in total. The van der Waals surface area contributed by atoms with E-state index in [2.05, 4.69) is 190 Å². The van der Waals surface area contributed by atoms with Crippen molar-refractivity contribution in [2.24, 2.45) is 0 Å². The third-order valence-corrected chi connectivity index (χ3v) is 11.9. The van der Waals surface area contributed by atoms with E-state index < -0.39 is 0 Å². The summed E-state index contributed by atoms with van der Waals surface area (Å²) in [6, 6.07) is 62.0. The van der Waals surface area contributed by atoms with Gasteiger partial charge in [-0.25, -0.2) is 0 Å². The van der Waals surface area contributed by atoms with E-state index in [4.69, 9.17) is 13.9 Å². The van der Waals surface area contributed by atoms with Crippen molar-refractivity contribution in [2.75, 3.05) is 9.80 Å². The lowest BCUT2D eigenvalue weighted by Crippen LogP contribution is -2.61. The minimum Gasteiger partial charge on any atom is -0.477 e. The number of rotatable bonds is 3. The van der Waals surface area contributed by atoms with Crippen molar-refractivity contribution in [2.45, 2.75) is 0 Å². The Labute approximate surface area is 323 Å². The fourth-order valence-corrected chi connectivity index (χ4v) is 9.75. The lowest BCUT2D eigenvalue weighted by atomic mass is 9.36. The van der Waals surface area contributed by atoms with E-state index in [1.54, 1.807) is 0 Å². The molecular formula is C48H29B2N3O3. The molecule has 0 N–H and O–H groups in total. The number of fused-ring (bicyclic) bond motifs is 11. The van der Waals surface area contributed by atoms with Crippen LogP contribution in [0.15, 0.2) is 180 Å². The monoisotopic (exact) mass is 717 g/mol. The summed E-state index contributed by atoms with van der Waals surface area (Å²) in [7, 11) is 0. The number of para-hydroxylation sites is 5. The Kier molecular flexibility index (Phi) is 5.97. The first-order chi connectivity index (χ1) is 27.8. The predicted molar refractivity (Wildman–Crippen MR) is 227 cm³/mol. The van der Waals surface area contributed by atoms with E-state index in [0.717, 1.165) is 95.5 Å². The van der Waals surface area contributed by atoms with Crippen LogP contribution in [0.4, 0.5) is 34.1 Å². The van der Waals surface area contributed by atoms with Crippen LogP contribution in [0.1, 0.15) is 0 Å². The number of nitrogens with zero attached hydrogens (tertiary/aromatic N) is 3. The molecule has 0 radical (unpaired) electrons. The highest BCUT2D eigenvalue weighted by Crippen LogP contribution is 2.48. The van der Waals surface area contributed by atoms with Gasteiger partial charge in [0.05, 0.1) is 11.2 Å². The molecular weight excluding hydrogens is 688 g/mol. The van der Waals surface area contributed by atoms with Crippen molar-refractivity contribution in [1.82, 2.24) is 4.57 Å². The summed E-state index contributed by atoms with van der Waals surface area (Å²) < 4.78 is 23.9. The van der Waals surface area contributed by atoms with E-state index in [1.165, 1.54) is 0 Å². The van der Waals surface area contributed by atoms with Gasteiger partial charge in [-0.15, -0.1) is 0 Å². The topological polar surface area (TPSA) is 43.0 Å². The molecule has 0 aliphatic carbocycles. The predicted octanol–water partition coefficient (Wildman–Crippen LogP) is 8.03. The van der Waals surface area contributed by atoms with Crippen LogP contribution in [0.25, 0.3) is 16.6 Å². The largest absolute Gasteiger partial charge is 0.477 e. The summed E-state index contributed by atoms with van der Waals surface area (Å²) >= 11 is 0. The molecule has 0 fully saturated rings. The van der Waals surface area contributed by atoms with Crippen molar-refractivity contribution in [3.8, 4) is 28.7 Å². The van der Waals surface area contributed by atoms with Crippen LogP contribution in [0.5, 0.6) is 23.0 Å². The summed E-state index contributed by atoms with van der Waals surface area (Å²) in [5, 5.41) is 1.16. The number of hydrogen-bond donors (Lipinski definition) is 0. The second-order valence-corrected chi connectivity index (χ2v) is 14.8. The highest BCUT2D eigenvalue weighted by atomic mass is 16.5. The van der Waals surface area contributed by atoms with Gasteiger partial charge in [0.1, 0.15) is 22.8 Å². The average molecular weight is 717 g/mol. The number of hydrogen-bond acceptors (Lipinski definition) is 5. The van der Waals surface area contributed by atoms with Gasteiger partial charge < -0.3 is 28.3 Å². The van der Waals surface area contributed by atoms with Crippen LogP contribution >= 0.6 is 0 Å². The first-order valence-electron chi connectivity index (χ1n) is 19.1. The smallest absolute Gasteiger partial charge is 0.322 e. The normalized spacial score (nSPS) is 13.9. The molecule has 56 heavy (non-hydrogen) atoms. The van der Waals surface area contributed by atoms with Gasteiger partial charge in [0.25, 0.3) is 0 Å². The van der Waals surface area contributed by atoms with E-state index >= 15 is 0 Å². The van der Waals surface area contributed by atoms with Crippen LogP contribution < -0.4 is 52.6 Å². The number of aromatic nitrogens is 1. The summed E-state index contributed by atoms with van der Waals surface area (Å²) in [6.45, 7) is -0.509. The molecule has 4 aliphatic rings. The molecule has 9 aromatic rings. The van der Waals surface area contributed by atoms with Crippen molar-refractivity contribution < 1.29 is 13.9 Å². The Morgan fingerprint density at radius 1 is 0.411 bits per heavy atom. The molecule has 260 valence electrons. The maximum Gasteiger partial charge on any atom is 0.322 e. The molecule has 0 atom stereocenters. The SMILES string of the molecule is c1ccc(N2c3ccccc3B3c4oc5c(c4Oc4cccc2c43)Oc2cccc3c2B5c2c(c4ccccc4n2-c2ccccc2)N3c2ccccc2)cc1. The minimum atomic E-state index is -0.302. The van der Waals surface area contributed by atoms with Gasteiger partial charge in [-0.2, -0.15) is 0 Å². The van der Waals surface area contributed by atoms with E-state index in [0.29, 0.717) is 11.5 Å². The molecule has 13 rings (SSSR count). The van der Waals surface area contributed by atoms with Gasteiger partial charge in [0, 0.05) is 56.0 Å². The van der Waals surface area contributed by atoms with Gasteiger partial charge in [-0.05, 0) is 78.3 Å². The zero-order valence-electron chi connectivity index (χ0n) is 30.0. The Balaban J connectivity index is 1.11. The van der Waals surface area contributed by atoms with E-state index in [1.807, 2.05) is 0 Å². The van der Waals surface area contributed by atoms with Crippen LogP contribution in [0.3, 0.4) is 0 Å². The summed E-state index contributed by atoms with van der Waals surface area (Å²) in [4.78, 5) is 4.74. The maximum absolute atomic E-state index is 7.41. The fourth-order valence-electron chi connectivity index (χ4n) is 9.75. The van der Waals surface area contributed by atoms with Gasteiger partial charge in [0.2, 0.25) is 11.5 Å². The first kappa shape index (κ1) is 30.1. The van der Waals surface area contributed by atoms with E-state index in [9.17, 15) is 0 Å². The first-order valence-corrected chi connectivity index (χ1v) is 19.1. The molecule has 7 aromatic carbocycles. The van der Waals surface area contributed by atoms with Crippen molar-refractivity contribution in [1.29, 1.82) is 0 Å². The second kappa shape index (κ2) is 11.1. The van der Waals surface area contributed by atoms with Crippen LogP contribution in [-0.2, 0) is 0 Å². The van der Waals surface area contributed by atoms with Gasteiger partial charge >= 0.3 is 13.4 Å². The standard InChI is InChI=1S/C48H29B2N3O3/c1-4-16-30(17-5-1)51-36-25-13-11-23-34(36)49-41-37(51)26-14-28-39(41)54-44-45-48(56-47(44)49)50-42-38(27-15-29-40(42)55-45)52(31-18-6-2-7-19-31)43-33-22-10-12-24-35(33)53(46(43)50)32-20-8-3-9-21-32/h1-29H. The lowest BCUT2D eigenvalue weighted by molar-refractivity contribution is 0.427. The zero-order chi connectivity index (χ0) is 36.5. The number of furan rings is 1. The van der Waals surface area contributed by atoms with Crippen LogP contribution in [0.2, 0.25) is 0 Å².